The van der Waals surface area contributed by atoms with Gasteiger partial charge in [0.1, 0.15) is 11.3 Å². The number of rotatable bonds is 5. The zero-order chi connectivity index (χ0) is 21.3. The van der Waals surface area contributed by atoms with Crippen molar-refractivity contribution in [1.29, 1.82) is 0 Å². The molecule has 1 aliphatic heterocycles. The summed E-state index contributed by atoms with van der Waals surface area (Å²) in [6, 6.07) is 5.83. The second-order valence-electron chi connectivity index (χ2n) is 7.73. The molecule has 7 nitrogen and oxygen atoms in total. The summed E-state index contributed by atoms with van der Waals surface area (Å²) >= 11 is 0. The van der Waals surface area contributed by atoms with E-state index in [-0.39, 0.29) is 11.5 Å². The summed E-state index contributed by atoms with van der Waals surface area (Å²) in [7, 11) is 1.61. The number of hydrogen-bond acceptors (Lipinski definition) is 4. The number of aryl methyl sites for hydroxylation is 2. The van der Waals surface area contributed by atoms with Crippen LogP contribution >= 0.6 is 0 Å². The van der Waals surface area contributed by atoms with E-state index in [2.05, 4.69) is 32.5 Å². The number of fused-ring (bicyclic) bond motifs is 1. The first-order chi connectivity index (χ1) is 14.5. The third kappa shape index (κ3) is 3.93. The molecular weight excluding hydrogens is 378 g/mol. The first-order valence-electron chi connectivity index (χ1n) is 10.3. The summed E-state index contributed by atoms with van der Waals surface area (Å²) in [5.74, 6) is -0.166. The zero-order valence-electron chi connectivity index (χ0n) is 17.7. The van der Waals surface area contributed by atoms with Gasteiger partial charge in [0.2, 0.25) is 0 Å². The van der Waals surface area contributed by atoms with Crippen LogP contribution in [0.1, 0.15) is 46.2 Å². The number of nitrogens with one attached hydrogen (secondary N) is 2. The van der Waals surface area contributed by atoms with E-state index in [0.717, 1.165) is 54.9 Å². The lowest BCUT2D eigenvalue weighted by Crippen LogP contribution is -2.28. The van der Waals surface area contributed by atoms with Crippen LogP contribution in [0.3, 0.4) is 0 Å². The Kier molecular flexibility index (Phi) is 5.55. The largest absolute Gasteiger partial charge is 0.354 e. The van der Waals surface area contributed by atoms with Gasteiger partial charge in [0.15, 0.2) is 0 Å². The minimum absolute atomic E-state index is 0.00777. The van der Waals surface area contributed by atoms with Gasteiger partial charge in [-0.2, -0.15) is 0 Å². The zero-order valence-corrected chi connectivity index (χ0v) is 17.7. The Hall–Kier alpha value is -3.19. The highest BCUT2D eigenvalue weighted by molar-refractivity contribution is 5.92. The molecule has 7 heteroatoms. The van der Waals surface area contributed by atoms with Crippen LogP contribution in [0.5, 0.6) is 0 Å². The van der Waals surface area contributed by atoms with Crippen molar-refractivity contribution in [1.82, 2.24) is 24.6 Å². The molecule has 0 radical (unpaired) electrons. The summed E-state index contributed by atoms with van der Waals surface area (Å²) in [5.41, 5.74) is 6.52. The first kappa shape index (κ1) is 20.1. The van der Waals surface area contributed by atoms with Crippen LogP contribution in [0.15, 0.2) is 41.5 Å². The summed E-state index contributed by atoms with van der Waals surface area (Å²) < 4.78 is 2.00. The number of H-pyrrole nitrogens is 1. The van der Waals surface area contributed by atoms with E-state index in [9.17, 15) is 9.59 Å². The molecule has 0 aliphatic carbocycles. The summed E-state index contributed by atoms with van der Waals surface area (Å²) in [5, 5.41) is 2.61. The van der Waals surface area contributed by atoms with Crippen LogP contribution in [-0.4, -0.2) is 45.3 Å². The third-order valence-electron chi connectivity index (χ3n) is 5.71. The molecule has 3 aromatic heterocycles. The third-order valence-corrected chi connectivity index (χ3v) is 5.71. The monoisotopic (exact) mass is 405 g/mol. The van der Waals surface area contributed by atoms with Gasteiger partial charge in [-0.1, -0.05) is 19.1 Å². The Morgan fingerprint density at radius 3 is 2.80 bits per heavy atom. The van der Waals surface area contributed by atoms with Crippen LogP contribution < -0.4 is 10.9 Å². The maximum absolute atomic E-state index is 12.0. The molecule has 0 fully saturated rings. The summed E-state index contributed by atoms with van der Waals surface area (Å²) in [4.78, 5) is 33.6. The minimum Gasteiger partial charge on any atom is -0.354 e. The highest BCUT2D eigenvalue weighted by Crippen LogP contribution is 2.25. The summed E-state index contributed by atoms with van der Waals surface area (Å²) in [6.45, 7) is 6.58. The fraction of sp³-hybridized carbons (Fsp3) is 0.348. The molecule has 0 aromatic carbocycles. The first-order valence-corrected chi connectivity index (χ1v) is 10.3. The number of carbonyl (C=O) groups is 1. The fourth-order valence-electron chi connectivity index (χ4n) is 4.02. The molecule has 0 unspecified atom stereocenters. The average molecular weight is 406 g/mol. The Balaban J connectivity index is 1.47. The molecule has 0 bridgehead atoms. The van der Waals surface area contributed by atoms with Crippen molar-refractivity contribution >= 4 is 17.1 Å². The number of pyridine rings is 1. The van der Waals surface area contributed by atoms with Crippen LogP contribution in [-0.2, 0) is 13.0 Å². The number of aromatic amines is 1. The van der Waals surface area contributed by atoms with Crippen LogP contribution in [0, 0.1) is 6.92 Å². The fourth-order valence-corrected chi connectivity index (χ4v) is 4.02. The van der Waals surface area contributed by atoms with Crippen LogP contribution in [0.2, 0.25) is 0 Å². The van der Waals surface area contributed by atoms with Crippen molar-refractivity contribution in [2.75, 3.05) is 20.1 Å². The molecule has 4 heterocycles. The molecule has 0 saturated carbocycles. The molecule has 0 spiro atoms. The van der Waals surface area contributed by atoms with E-state index in [1.165, 1.54) is 11.1 Å². The number of amides is 1. The van der Waals surface area contributed by atoms with E-state index in [0.29, 0.717) is 5.69 Å². The van der Waals surface area contributed by atoms with E-state index < -0.39 is 0 Å². The smallest absolute Gasteiger partial charge is 0.269 e. The van der Waals surface area contributed by atoms with Gasteiger partial charge in [-0.05, 0) is 48.6 Å². The predicted octanol–water partition coefficient (Wildman–Crippen LogP) is 2.54. The second-order valence-corrected chi connectivity index (χ2v) is 7.73. The standard InChI is InChI=1S/C23H27N5O2/c1-4-17-14-28-13-16(11-21(28)26-22(17)29)12-27-9-7-18(8-10-27)19-5-6-20(23(30)24-3)25-15(19)2/h5-7,11,13-14H,4,8-10,12H2,1-3H3,(H,24,30)(H,26,29). The van der Waals surface area contributed by atoms with Crippen molar-refractivity contribution in [2.45, 2.75) is 33.2 Å². The molecule has 156 valence electrons. The molecule has 0 saturated heterocycles. The van der Waals surface area contributed by atoms with Crippen molar-refractivity contribution in [3.63, 3.8) is 0 Å². The molecule has 2 N–H and O–H groups in total. The van der Waals surface area contributed by atoms with Crippen molar-refractivity contribution in [2.24, 2.45) is 0 Å². The molecule has 3 aromatic rings. The van der Waals surface area contributed by atoms with Crippen LogP contribution in [0.25, 0.3) is 11.2 Å². The number of aromatic nitrogens is 3. The van der Waals surface area contributed by atoms with Gasteiger partial charge in [0, 0.05) is 50.3 Å². The highest BCUT2D eigenvalue weighted by Gasteiger charge is 2.17. The normalized spacial score (nSPS) is 14.7. The Labute approximate surface area is 175 Å². The van der Waals surface area contributed by atoms with Gasteiger partial charge >= 0.3 is 0 Å². The molecule has 30 heavy (non-hydrogen) atoms. The lowest BCUT2D eigenvalue weighted by Gasteiger charge is -2.26. The van der Waals surface area contributed by atoms with Gasteiger partial charge in [0.25, 0.3) is 11.5 Å². The van der Waals surface area contributed by atoms with Gasteiger partial charge in [-0.25, -0.2) is 4.98 Å². The van der Waals surface area contributed by atoms with Crippen molar-refractivity contribution in [3.05, 3.63) is 75.1 Å². The molecular formula is C23H27N5O2. The molecule has 4 rings (SSSR count). The van der Waals surface area contributed by atoms with Gasteiger partial charge in [-0.3, -0.25) is 14.5 Å². The Bertz CT molecular complexity index is 1190. The van der Waals surface area contributed by atoms with Crippen molar-refractivity contribution < 1.29 is 4.79 Å². The number of carbonyl (C=O) groups excluding carboxylic acids is 1. The predicted molar refractivity (Wildman–Crippen MR) is 118 cm³/mol. The SMILES string of the molecule is CCc1cn2cc(CN3CC=C(c4ccc(C(=O)NC)nc4C)CC3)cc2[nH]c1=O. The van der Waals surface area contributed by atoms with E-state index in [1.54, 1.807) is 13.1 Å². The maximum atomic E-state index is 12.0. The number of hydrogen-bond donors (Lipinski definition) is 2. The van der Waals surface area contributed by atoms with Crippen molar-refractivity contribution in [3.8, 4) is 0 Å². The minimum atomic E-state index is -0.166. The van der Waals surface area contributed by atoms with E-state index in [4.69, 9.17) is 0 Å². The second kappa shape index (κ2) is 8.28. The van der Waals surface area contributed by atoms with Gasteiger partial charge in [0.05, 0.1) is 0 Å². The Morgan fingerprint density at radius 2 is 2.13 bits per heavy atom. The van der Waals surface area contributed by atoms with Gasteiger partial charge < -0.3 is 14.7 Å². The molecule has 1 aliphatic rings. The molecule has 0 atom stereocenters. The highest BCUT2D eigenvalue weighted by atomic mass is 16.1. The maximum Gasteiger partial charge on any atom is 0.269 e. The van der Waals surface area contributed by atoms with E-state index >= 15 is 0 Å². The van der Waals surface area contributed by atoms with Gasteiger partial charge in [-0.15, -0.1) is 0 Å². The van der Waals surface area contributed by atoms with E-state index in [1.807, 2.05) is 36.6 Å². The Morgan fingerprint density at radius 1 is 1.30 bits per heavy atom. The van der Waals surface area contributed by atoms with Crippen LogP contribution in [0.4, 0.5) is 0 Å². The summed E-state index contributed by atoms with van der Waals surface area (Å²) in [6.07, 6.45) is 7.92. The number of nitrogens with zero attached hydrogens (tertiary/aromatic N) is 3. The average Bonchev–Trinajstić information content (AvgIpc) is 3.14. The molecule has 1 amide bonds. The lowest BCUT2D eigenvalue weighted by atomic mass is 9.97. The quantitative estimate of drug-likeness (QED) is 0.683. The topological polar surface area (TPSA) is 82.5 Å². The lowest BCUT2D eigenvalue weighted by molar-refractivity contribution is 0.0958.